The highest BCUT2D eigenvalue weighted by Gasteiger charge is 2.27. The van der Waals surface area contributed by atoms with Gasteiger partial charge in [-0.2, -0.15) is 10.1 Å². The Kier molecular flexibility index (Phi) is 3.67. The van der Waals surface area contributed by atoms with Gasteiger partial charge in [0, 0.05) is 11.9 Å². The molecule has 0 saturated carbocycles. The van der Waals surface area contributed by atoms with Gasteiger partial charge in [-0.15, -0.1) is 0 Å². The molecule has 3 heterocycles. The van der Waals surface area contributed by atoms with Crippen molar-refractivity contribution in [2.24, 2.45) is 0 Å². The van der Waals surface area contributed by atoms with Crippen LogP contribution < -0.4 is 4.74 Å². The molecule has 3 aromatic rings. The van der Waals surface area contributed by atoms with Crippen molar-refractivity contribution >= 4 is 5.69 Å². The lowest BCUT2D eigenvalue weighted by Crippen LogP contribution is -2.08. The van der Waals surface area contributed by atoms with Crippen molar-refractivity contribution in [1.29, 1.82) is 0 Å². The summed E-state index contributed by atoms with van der Waals surface area (Å²) in [6, 6.07) is 5.08. The molecule has 9 nitrogen and oxygen atoms in total. The lowest BCUT2D eigenvalue weighted by atomic mass is 10.4. The molecule has 3 aromatic heterocycles. The van der Waals surface area contributed by atoms with Crippen molar-refractivity contribution in [3.63, 3.8) is 0 Å². The molecule has 23 heavy (non-hydrogen) atoms. The Morgan fingerprint density at radius 1 is 1.30 bits per heavy atom. The summed E-state index contributed by atoms with van der Waals surface area (Å²) in [5.74, 6) is 0.226. The fraction of sp³-hybridized carbons (Fsp3) is 0.143. The molecular formula is C14H12N6O3. The summed E-state index contributed by atoms with van der Waals surface area (Å²) in [5, 5.41) is 15.7. The summed E-state index contributed by atoms with van der Waals surface area (Å²) in [5.41, 5.74) is 1.09. The van der Waals surface area contributed by atoms with E-state index >= 15 is 0 Å². The summed E-state index contributed by atoms with van der Waals surface area (Å²) >= 11 is 0. The molecular weight excluding hydrogens is 300 g/mol. The maximum atomic E-state index is 11.5. The van der Waals surface area contributed by atoms with Gasteiger partial charge in [-0.1, -0.05) is 0 Å². The monoisotopic (exact) mass is 312 g/mol. The van der Waals surface area contributed by atoms with E-state index < -0.39 is 4.92 Å². The van der Waals surface area contributed by atoms with E-state index in [-0.39, 0.29) is 17.4 Å². The summed E-state index contributed by atoms with van der Waals surface area (Å²) in [7, 11) is 0. The second-order valence-corrected chi connectivity index (χ2v) is 4.74. The van der Waals surface area contributed by atoms with Gasteiger partial charge in [0.25, 0.3) is 0 Å². The zero-order valence-corrected chi connectivity index (χ0v) is 12.4. The largest absolute Gasteiger partial charge is 0.432 e. The topological polar surface area (TPSA) is 109 Å². The SMILES string of the molecule is Cc1cc(C)n(-c2ncnc(Oc3cccnc3)c2[N+](=O)[O-])n1. The highest BCUT2D eigenvalue weighted by molar-refractivity contribution is 5.55. The van der Waals surface area contributed by atoms with E-state index in [9.17, 15) is 10.1 Å². The number of pyridine rings is 1. The molecule has 3 rings (SSSR count). The van der Waals surface area contributed by atoms with Crippen molar-refractivity contribution in [3.8, 4) is 17.4 Å². The number of hydrogen-bond donors (Lipinski definition) is 0. The van der Waals surface area contributed by atoms with E-state index in [0.29, 0.717) is 5.75 Å². The highest BCUT2D eigenvalue weighted by Crippen LogP contribution is 2.32. The van der Waals surface area contributed by atoms with Gasteiger partial charge in [0.2, 0.25) is 5.82 Å². The molecule has 0 aliphatic carbocycles. The Labute approximate surface area is 130 Å². The number of hydrogen-bond acceptors (Lipinski definition) is 7. The van der Waals surface area contributed by atoms with Crippen molar-refractivity contribution in [3.05, 3.63) is 58.4 Å². The first kappa shape index (κ1) is 14.6. The van der Waals surface area contributed by atoms with Crippen molar-refractivity contribution in [2.45, 2.75) is 13.8 Å². The number of nitrogens with zero attached hydrogens (tertiary/aromatic N) is 6. The molecule has 0 bridgehead atoms. The normalized spacial score (nSPS) is 10.5. The fourth-order valence-corrected chi connectivity index (χ4v) is 2.11. The molecule has 0 fully saturated rings. The predicted molar refractivity (Wildman–Crippen MR) is 79.6 cm³/mol. The van der Waals surface area contributed by atoms with Gasteiger partial charge in [0.15, 0.2) is 0 Å². The number of aromatic nitrogens is 5. The van der Waals surface area contributed by atoms with Crippen LogP contribution in [0.4, 0.5) is 5.69 Å². The maximum absolute atomic E-state index is 11.5. The zero-order valence-electron chi connectivity index (χ0n) is 12.4. The standard InChI is InChI=1S/C14H12N6O3/c1-9-6-10(2)19(18-9)13-12(20(21)22)14(17-8-16-13)23-11-4-3-5-15-7-11/h3-8H,1-2H3. The number of ether oxygens (including phenoxy) is 1. The van der Waals surface area contributed by atoms with Gasteiger partial charge in [-0.3, -0.25) is 15.1 Å². The molecule has 0 saturated heterocycles. The van der Waals surface area contributed by atoms with Crippen LogP contribution in [0.15, 0.2) is 36.9 Å². The second kappa shape index (κ2) is 5.79. The molecule has 0 N–H and O–H groups in total. The van der Waals surface area contributed by atoms with Crippen LogP contribution in [0.3, 0.4) is 0 Å². The first-order valence-corrected chi connectivity index (χ1v) is 6.67. The number of nitro groups is 1. The Balaban J connectivity index is 2.13. The third-order valence-electron chi connectivity index (χ3n) is 3.01. The molecule has 0 amide bonds. The molecule has 9 heteroatoms. The first-order valence-electron chi connectivity index (χ1n) is 6.67. The molecule has 0 aliphatic heterocycles. The van der Waals surface area contributed by atoms with E-state index in [1.54, 1.807) is 38.2 Å². The molecule has 0 aliphatic rings. The van der Waals surface area contributed by atoms with Gasteiger partial charge in [-0.05, 0) is 32.0 Å². The van der Waals surface area contributed by atoms with Crippen LogP contribution in [-0.4, -0.2) is 29.7 Å². The average molecular weight is 312 g/mol. The van der Waals surface area contributed by atoms with Gasteiger partial charge < -0.3 is 4.74 Å². The maximum Gasteiger partial charge on any atom is 0.375 e. The Morgan fingerprint density at radius 2 is 2.13 bits per heavy atom. The van der Waals surface area contributed by atoms with Crippen LogP contribution in [0.5, 0.6) is 11.6 Å². The summed E-state index contributed by atoms with van der Waals surface area (Å²) in [6.45, 7) is 3.58. The predicted octanol–water partition coefficient (Wildman–Crippen LogP) is 2.37. The van der Waals surface area contributed by atoms with Crippen molar-refractivity contribution in [2.75, 3.05) is 0 Å². The Hall–Kier alpha value is -3.36. The van der Waals surface area contributed by atoms with Crippen LogP contribution in [0.1, 0.15) is 11.4 Å². The van der Waals surface area contributed by atoms with Crippen LogP contribution in [0.2, 0.25) is 0 Å². The minimum atomic E-state index is -0.586. The second-order valence-electron chi connectivity index (χ2n) is 4.74. The van der Waals surface area contributed by atoms with Crippen LogP contribution in [-0.2, 0) is 0 Å². The minimum absolute atomic E-state index is 0.0505. The molecule has 0 unspecified atom stereocenters. The summed E-state index contributed by atoms with van der Waals surface area (Å²) < 4.78 is 6.88. The zero-order chi connectivity index (χ0) is 16.4. The van der Waals surface area contributed by atoms with Crippen LogP contribution >= 0.6 is 0 Å². The minimum Gasteiger partial charge on any atom is -0.432 e. The molecule has 0 radical (unpaired) electrons. The van der Waals surface area contributed by atoms with E-state index in [1.807, 2.05) is 0 Å². The lowest BCUT2D eigenvalue weighted by Gasteiger charge is -2.08. The van der Waals surface area contributed by atoms with Gasteiger partial charge in [0.1, 0.15) is 12.1 Å². The molecule has 116 valence electrons. The van der Waals surface area contributed by atoms with Gasteiger partial charge in [0.05, 0.1) is 16.8 Å². The van der Waals surface area contributed by atoms with Crippen LogP contribution in [0.25, 0.3) is 5.82 Å². The molecule has 0 spiro atoms. The third kappa shape index (κ3) is 2.84. The van der Waals surface area contributed by atoms with Gasteiger partial charge in [-0.25, -0.2) is 9.67 Å². The summed E-state index contributed by atoms with van der Waals surface area (Å²) in [4.78, 5) is 22.7. The van der Waals surface area contributed by atoms with E-state index in [4.69, 9.17) is 4.74 Å². The third-order valence-corrected chi connectivity index (χ3v) is 3.01. The first-order chi connectivity index (χ1) is 11.1. The summed E-state index contributed by atoms with van der Waals surface area (Å²) in [6.07, 6.45) is 4.21. The smallest absolute Gasteiger partial charge is 0.375 e. The van der Waals surface area contributed by atoms with E-state index in [2.05, 4.69) is 20.1 Å². The Morgan fingerprint density at radius 3 is 2.74 bits per heavy atom. The van der Waals surface area contributed by atoms with Crippen LogP contribution in [0, 0.1) is 24.0 Å². The average Bonchev–Trinajstić information content (AvgIpc) is 2.86. The highest BCUT2D eigenvalue weighted by atomic mass is 16.6. The molecule has 0 aromatic carbocycles. The Bertz CT molecular complexity index is 862. The fourth-order valence-electron chi connectivity index (χ4n) is 2.11. The molecule has 0 atom stereocenters. The quantitative estimate of drug-likeness (QED) is 0.537. The van der Waals surface area contributed by atoms with E-state index in [0.717, 1.165) is 11.4 Å². The number of rotatable bonds is 4. The number of aryl methyl sites for hydroxylation is 2. The van der Waals surface area contributed by atoms with Gasteiger partial charge >= 0.3 is 11.6 Å². The lowest BCUT2D eigenvalue weighted by molar-refractivity contribution is -0.386. The van der Waals surface area contributed by atoms with Crippen molar-refractivity contribution < 1.29 is 9.66 Å². The van der Waals surface area contributed by atoms with Crippen molar-refractivity contribution in [1.82, 2.24) is 24.7 Å². The van der Waals surface area contributed by atoms with E-state index in [1.165, 1.54) is 17.2 Å².